The third-order valence-electron chi connectivity index (χ3n) is 5.31. The molecule has 2 N–H and O–H groups in total. The van der Waals surface area contributed by atoms with E-state index in [2.05, 4.69) is 15.3 Å². The zero-order valence-electron chi connectivity index (χ0n) is 19.4. The van der Waals surface area contributed by atoms with Crippen molar-refractivity contribution in [2.75, 3.05) is 5.32 Å². The monoisotopic (exact) mass is 491 g/mol. The molecule has 4 aromatic rings. The van der Waals surface area contributed by atoms with E-state index in [1.54, 1.807) is 6.92 Å². The number of nitrogens with one attached hydrogen (secondary N) is 1. The van der Waals surface area contributed by atoms with Crippen molar-refractivity contribution < 1.29 is 19.0 Å². The average molecular weight is 491 g/mol. The number of rotatable bonds is 8. The number of aromatic nitrogens is 4. The standard InChI is InChI=1S/C25H22FN5O5/c1-3-30-24(34)29-23(31(25(30)35)14-16-6-4-15(2)5-7-16)28-18-9-10-20(19(26)12-18)36-21-11-8-17(13-27-21)22(32)33/h4-13H,3,14H2,1-2H3,(H,32,33)(H,28,29,34). The lowest BCUT2D eigenvalue weighted by Gasteiger charge is -2.15. The lowest BCUT2D eigenvalue weighted by molar-refractivity contribution is 0.0696. The van der Waals surface area contributed by atoms with Crippen LogP contribution in [-0.4, -0.2) is 30.2 Å². The van der Waals surface area contributed by atoms with Crippen LogP contribution in [0.15, 0.2) is 70.4 Å². The summed E-state index contributed by atoms with van der Waals surface area (Å²) in [7, 11) is 0. The Morgan fingerprint density at radius 1 is 1.08 bits per heavy atom. The fraction of sp³-hybridized carbons (Fsp3) is 0.160. The Bertz CT molecular complexity index is 1530. The second kappa shape index (κ2) is 10.2. The summed E-state index contributed by atoms with van der Waals surface area (Å²) < 4.78 is 22.5. The van der Waals surface area contributed by atoms with E-state index in [1.165, 1.54) is 28.8 Å². The van der Waals surface area contributed by atoms with Gasteiger partial charge in [-0.25, -0.2) is 28.3 Å². The van der Waals surface area contributed by atoms with E-state index < -0.39 is 23.2 Å². The first kappa shape index (κ1) is 24.3. The number of carboxylic acid groups (broad SMARTS) is 1. The number of pyridine rings is 1. The number of hydrogen-bond acceptors (Lipinski definition) is 7. The molecule has 0 bridgehead atoms. The van der Waals surface area contributed by atoms with Crippen LogP contribution < -0.4 is 21.4 Å². The highest BCUT2D eigenvalue weighted by atomic mass is 19.1. The van der Waals surface area contributed by atoms with Gasteiger partial charge in [-0.05, 0) is 37.6 Å². The Morgan fingerprint density at radius 3 is 2.44 bits per heavy atom. The zero-order chi connectivity index (χ0) is 25.8. The van der Waals surface area contributed by atoms with Crippen molar-refractivity contribution in [1.29, 1.82) is 0 Å². The molecule has 0 radical (unpaired) electrons. The number of carboxylic acids is 1. The summed E-state index contributed by atoms with van der Waals surface area (Å²) in [4.78, 5) is 44.2. The van der Waals surface area contributed by atoms with Crippen LogP contribution in [0.3, 0.4) is 0 Å². The van der Waals surface area contributed by atoms with Crippen LogP contribution in [0.5, 0.6) is 11.6 Å². The number of nitrogens with zero attached hydrogens (tertiary/aromatic N) is 4. The quantitative estimate of drug-likeness (QED) is 0.383. The van der Waals surface area contributed by atoms with Crippen molar-refractivity contribution >= 4 is 17.6 Å². The van der Waals surface area contributed by atoms with Crippen LogP contribution >= 0.6 is 0 Å². The van der Waals surface area contributed by atoms with Crippen LogP contribution in [0, 0.1) is 12.7 Å². The molecule has 184 valence electrons. The van der Waals surface area contributed by atoms with Gasteiger partial charge in [0.1, 0.15) is 0 Å². The average Bonchev–Trinajstić information content (AvgIpc) is 2.85. The molecule has 2 heterocycles. The molecular weight excluding hydrogens is 469 g/mol. The number of ether oxygens (including phenoxy) is 1. The molecule has 0 fully saturated rings. The first-order chi connectivity index (χ1) is 17.2. The van der Waals surface area contributed by atoms with Gasteiger partial charge in [-0.2, -0.15) is 4.98 Å². The zero-order valence-corrected chi connectivity index (χ0v) is 19.4. The van der Waals surface area contributed by atoms with Crippen LogP contribution in [0.2, 0.25) is 0 Å². The van der Waals surface area contributed by atoms with Crippen LogP contribution in [-0.2, 0) is 13.1 Å². The van der Waals surface area contributed by atoms with Gasteiger partial charge >= 0.3 is 17.3 Å². The fourth-order valence-corrected chi connectivity index (χ4v) is 3.38. The minimum atomic E-state index is -1.14. The molecule has 0 unspecified atom stereocenters. The highest BCUT2D eigenvalue weighted by Gasteiger charge is 2.15. The number of aryl methyl sites for hydroxylation is 1. The Balaban J connectivity index is 1.62. The normalized spacial score (nSPS) is 10.8. The third-order valence-corrected chi connectivity index (χ3v) is 5.31. The molecular formula is C25H22FN5O5. The second-order valence-corrected chi connectivity index (χ2v) is 7.88. The highest BCUT2D eigenvalue weighted by Crippen LogP contribution is 2.27. The van der Waals surface area contributed by atoms with E-state index in [9.17, 15) is 18.8 Å². The number of hydrogen-bond donors (Lipinski definition) is 2. The molecule has 0 saturated heterocycles. The summed E-state index contributed by atoms with van der Waals surface area (Å²) in [5.74, 6) is -2.07. The van der Waals surface area contributed by atoms with Crippen molar-refractivity contribution in [2.24, 2.45) is 0 Å². The predicted molar refractivity (Wildman–Crippen MR) is 130 cm³/mol. The van der Waals surface area contributed by atoms with E-state index in [0.29, 0.717) is 0 Å². The van der Waals surface area contributed by atoms with Crippen molar-refractivity contribution in [1.82, 2.24) is 19.1 Å². The van der Waals surface area contributed by atoms with Crippen molar-refractivity contribution in [3.05, 3.63) is 104 Å². The van der Waals surface area contributed by atoms with Gasteiger partial charge in [0, 0.05) is 30.6 Å². The van der Waals surface area contributed by atoms with Gasteiger partial charge in [0.25, 0.3) is 0 Å². The van der Waals surface area contributed by atoms with Crippen LogP contribution in [0.25, 0.3) is 0 Å². The van der Waals surface area contributed by atoms with Gasteiger partial charge in [-0.1, -0.05) is 29.8 Å². The van der Waals surface area contributed by atoms with Crippen molar-refractivity contribution in [3.63, 3.8) is 0 Å². The molecule has 0 spiro atoms. The maximum absolute atomic E-state index is 14.8. The Hall–Kier alpha value is -4.80. The van der Waals surface area contributed by atoms with E-state index in [4.69, 9.17) is 9.84 Å². The molecule has 4 rings (SSSR count). The van der Waals surface area contributed by atoms with Gasteiger partial charge < -0.3 is 15.2 Å². The third kappa shape index (κ3) is 5.30. The molecule has 0 saturated carbocycles. The SMILES string of the molecule is CCn1c(=O)nc(Nc2ccc(Oc3ccc(C(=O)O)cn3)c(F)c2)n(Cc2ccc(C)cc2)c1=O. The highest BCUT2D eigenvalue weighted by molar-refractivity contribution is 5.87. The van der Waals surface area contributed by atoms with E-state index >= 15 is 0 Å². The number of benzene rings is 2. The molecule has 0 aliphatic rings. The Labute approximate surface area is 204 Å². The molecule has 10 nitrogen and oxygen atoms in total. The number of anilines is 2. The number of carbonyl (C=O) groups is 1. The lowest BCUT2D eigenvalue weighted by Crippen LogP contribution is -2.42. The molecule has 0 aliphatic heterocycles. The maximum Gasteiger partial charge on any atom is 0.354 e. The van der Waals surface area contributed by atoms with Gasteiger partial charge in [0.05, 0.1) is 12.1 Å². The minimum absolute atomic E-state index is 0.0105. The molecule has 11 heteroatoms. The summed E-state index contributed by atoms with van der Waals surface area (Å²) in [6.45, 7) is 3.92. The summed E-state index contributed by atoms with van der Waals surface area (Å²) in [5, 5.41) is 11.8. The smallest absolute Gasteiger partial charge is 0.354 e. The lowest BCUT2D eigenvalue weighted by atomic mass is 10.1. The number of aromatic carboxylic acids is 1. The van der Waals surface area contributed by atoms with Gasteiger partial charge in [0.15, 0.2) is 11.6 Å². The minimum Gasteiger partial charge on any atom is -0.478 e. The molecule has 0 atom stereocenters. The molecule has 36 heavy (non-hydrogen) atoms. The molecule has 0 amide bonds. The van der Waals surface area contributed by atoms with Gasteiger partial charge in [-0.15, -0.1) is 0 Å². The molecule has 2 aromatic heterocycles. The van der Waals surface area contributed by atoms with E-state index in [0.717, 1.165) is 28.0 Å². The maximum atomic E-state index is 14.8. The summed E-state index contributed by atoms with van der Waals surface area (Å²) in [6.07, 6.45) is 1.10. The number of halogens is 1. The summed E-state index contributed by atoms with van der Waals surface area (Å²) >= 11 is 0. The largest absolute Gasteiger partial charge is 0.478 e. The van der Waals surface area contributed by atoms with Crippen molar-refractivity contribution in [2.45, 2.75) is 26.9 Å². The Morgan fingerprint density at radius 2 is 1.83 bits per heavy atom. The van der Waals surface area contributed by atoms with Crippen molar-refractivity contribution in [3.8, 4) is 11.6 Å². The van der Waals surface area contributed by atoms with Crippen LogP contribution in [0.4, 0.5) is 16.0 Å². The predicted octanol–water partition coefficient (Wildman–Crippen LogP) is 3.55. The Kier molecular flexibility index (Phi) is 6.91. The summed E-state index contributed by atoms with van der Waals surface area (Å²) in [5.41, 5.74) is 0.819. The summed E-state index contributed by atoms with van der Waals surface area (Å²) in [6, 6.07) is 14.1. The first-order valence-electron chi connectivity index (χ1n) is 11.0. The van der Waals surface area contributed by atoms with Gasteiger partial charge in [-0.3, -0.25) is 4.57 Å². The van der Waals surface area contributed by atoms with Crippen LogP contribution in [0.1, 0.15) is 28.4 Å². The first-order valence-corrected chi connectivity index (χ1v) is 11.0. The molecule has 0 aliphatic carbocycles. The fourth-order valence-electron chi connectivity index (χ4n) is 3.38. The second-order valence-electron chi connectivity index (χ2n) is 7.88. The van der Waals surface area contributed by atoms with Gasteiger partial charge in [0.2, 0.25) is 11.8 Å². The molecule has 2 aromatic carbocycles. The topological polar surface area (TPSA) is 128 Å². The van der Waals surface area contributed by atoms with E-state index in [-0.39, 0.29) is 41.9 Å². The van der Waals surface area contributed by atoms with E-state index in [1.807, 2.05) is 31.2 Å².